The van der Waals surface area contributed by atoms with Crippen LogP contribution in [0.1, 0.15) is 5.56 Å². The molecule has 0 bridgehead atoms. The minimum Gasteiger partial charge on any atom is -0.378 e. The van der Waals surface area contributed by atoms with Gasteiger partial charge in [0, 0.05) is 23.7 Å². The molecule has 0 aliphatic carbocycles. The summed E-state index contributed by atoms with van der Waals surface area (Å²) in [6.45, 7) is 0.158. The molecule has 2 rings (SSSR count). The van der Waals surface area contributed by atoms with Gasteiger partial charge in [0.1, 0.15) is 5.82 Å². The number of rotatable bonds is 4. The zero-order valence-corrected chi connectivity index (χ0v) is 12.6. The molecule has 0 saturated carbocycles. The van der Waals surface area contributed by atoms with Crippen LogP contribution in [0.2, 0.25) is 15.1 Å². The summed E-state index contributed by atoms with van der Waals surface area (Å²) in [5.41, 5.74) is 0.761. The normalized spacial score (nSPS) is 10.5. The molecule has 0 atom stereocenters. The van der Waals surface area contributed by atoms with Crippen LogP contribution in [0.5, 0.6) is 0 Å². The molecular weight excluding hydrogens is 342 g/mol. The highest BCUT2D eigenvalue weighted by Crippen LogP contribution is 2.32. The van der Waals surface area contributed by atoms with Crippen molar-refractivity contribution >= 4 is 46.2 Å². The molecule has 0 aliphatic rings. The number of nitrogens with one attached hydrogen (secondary N) is 1. The second-order valence-corrected chi connectivity index (χ2v) is 5.35. The highest BCUT2D eigenvalue weighted by atomic mass is 35.5. The van der Waals surface area contributed by atoms with Crippen LogP contribution in [0, 0.1) is 15.9 Å². The van der Waals surface area contributed by atoms with Gasteiger partial charge in [-0.15, -0.1) is 0 Å². The summed E-state index contributed by atoms with van der Waals surface area (Å²) in [4.78, 5) is 10.2. The summed E-state index contributed by atoms with van der Waals surface area (Å²) in [6.07, 6.45) is 0. The molecule has 0 saturated heterocycles. The Morgan fingerprint density at radius 3 is 2.29 bits per heavy atom. The van der Waals surface area contributed by atoms with Gasteiger partial charge in [-0.1, -0.05) is 34.8 Å². The number of hydrogen-bond acceptors (Lipinski definition) is 3. The molecule has 0 aromatic heterocycles. The highest BCUT2D eigenvalue weighted by Gasteiger charge is 2.12. The first-order valence-electron chi connectivity index (χ1n) is 5.69. The summed E-state index contributed by atoms with van der Waals surface area (Å²) in [5.74, 6) is -0.552. The third-order valence-electron chi connectivity index (χ3n) is 2.70. The molecule has 2 aromatic rings. The predicted molar refractivity (Wildman–Crippen MR) is 81.9 cm³/mol. The Morgan fingerprint density at radius 1 is 1.10 bits per heavy atom. The van der Waals surface area contributed by atoms with E-state index < -0.39 is 10.7 Å². The third kappa shape index (κ3) is 3.75. The predicted octanol–water partition coefficient (Wildman–Crippen LogP) is 5.31. The van der Waals surface area contributed by atoms with Crippen molar-refractivity contribution < 1.29 is 9.31 Å². The van der Waals surface area contributed by atoms with Gasteiger partial charge in [0.2, 0.25) is 0 Å². The van der Waals surface area contributed by atoms with Crippen LogP contribution in [0.15, 0.2) is 30.3 Å². The first-order chi connectivity index (χ1) is 9.88. The Morgan fingerprint density at radius 2 is 1.71 bits per heavy atom. The van der Waals surface area contributed by atoms with Crippen LogP contribution in [-0.4, -0.2) is 4.92 Å². The molecule has 110 valence electrons. The fourth-order valence-electron chi connectivity index (χ4n) is 1.70. The summed E-state index contributed by atoms with van der Waals surface area (Å²) < 4.78 is 13.1. The van der Waals surface area contributed by atoms with Crippen molar-refractivity contribution in [2.45, 2.75) is 6.54 Å². The number of hydrogen-bond donors (Lipinski definition) is 1. The van der Waals surface area contributed by atoms with Crippen molar-refractivity contribution in [2.75, 3.05) is 5.32 Å². The largest absolute Gasteiger partial charge is 0.378 e. The Bertz CT molecular complexity index is 687. The number of halogens is 4. The standard InChI is InChI=1S/C13H8Cl3FN2O2/c14-10-2-1-9(19(20)21)3-7(10)6-18-13-11(15)4-8(17)5-12(13)16/h1-5,18H,6H2. The monoisotopic (exact) mass is 348 g/mol. The van der Waals surface area contributed by atoms with E-state index in [1.165, 1.54) is 18.2 Å². The van der Waals surface area contributed by atoms with E-state index in [1.54, 1.807) is 0 Å². The fraction of sp³-hybridized carbons (Fsp3) is 0.0769. The summed E-state index contributed by atoms with van der Waals surface area (Å²) in [5, 5.41) is 14.2. The SMILES string of the molecule is O=[N+]([O-])c1ccc(Cl)c(CNc2c(Cl)cc(F)cc2Cl)c1. The lowest BCUT2D eigenvalue weighted by molar-refractivity contribution is -0.384. The van der Waals surface area contributed by atoms with Crippen LogP contribution in [0.3, 0.4) is 0 Å². The maximum Gasteiger partial charge on any atom is 0.269 e. The molecule has 0 spiro atoms. The van der Waals surface area contributed by atoms with E-state index in [-0.39, 0.29) is 22.3 Å². The Balaban J connectivity index is 2.24. The van der Waals surface area contributed by atoms with E-state index in [2.05, 4.69) is 5.32 Å². The zero-order valence-electron chi connectivity index (χ0n) is 10.4. The Kier molecular flexibility index (Phi) is 4.88. The van der Waals surface area contributed by atoms with E-state index in [4.69, 9.17) is 34.8 Å². The van der Waals surface area contributed by atoms with Crippen molar-refractivity contribution in [3.63, 3.8) is 0 Å². The van der Waals surface area contributed by atoms with Crippen LogP contribution in [0.25, 0.3) is 0 Å². The summed E-state index contributed by atoms with van der Waals surface area (Å²) in [7, 11) is 0. The lowest BCUT2D eigenvalue weighted by Crippen LogP contribution is -2.02. The van der Waals surface area contributed by atoms with Crippen molar-refractivity contribution in [1.82, 2.24) is 0 Å². The summed E-state index contributed by atoms with van der Waals surface area (Å²) >= 11 is 17.8. The van der Waals surface area contributed by atoms with Crippen molar-refractivity contribution in [2.24, 2.45) is 0 Å². The molecule has 0 unspecified atom stereocenters. The third-order valence-corrected chi connectivity index (χ3v) is 3.67. The van der Waals surface area contributed by atoms with Gasteiger partial charge >= 0.3 is 0 Å². The van der Waals surface area contributed by atoms with Gasteiger partial charge in [-0.25, -0.2) is 4.39 Å². The minimum absolute atomic E-state index is 0.0764. The van der Waals surface area contributed by atoms with Gasteiger partial charge in [-0.3, -0.25) is 10.1 Å². The van der Waals surface area contributed by atoms with Crippen LogP contribution in [0.4, 0.5) is 15.8 Å². The number of benzene rings is 2. The average molecular weight is 350 g/mol. The molecule has 1 N–H and O–H groups in total. The van der Waals surface area contributed by atoms with Gasteiger partial charge in [0.15, 0.2) is 0 Å². The molecule has 21 heavy (non-hydrogen) atoms. The smallest absolute Gasteiger partial charge is 0.269 e. The van der Waals surface area contributed by atoms with E-state index in [1.807, 2.05) is 0 Å². The molecule has 8 heteroatoms. The number of nitro benzene ring substituents is 1. The number of nitrogens with zero attached hydrogens (tertiary/aromatic N) is 1. The lowest BCUT2D eigenvalue weighted by atomic mass is 10.2. The minimum atomic E-state index is -0.552. The second-order valence-electron chi connectivity index (χ2n) is 4.13. The molecule has 4 nitrogen and oxygen atoms in total. The quantitative estimate of drug-likeness (QED) is 0.601. The Hall–Kier alpha value is -1.56. The lowest BCUT2D eigenvalue weighted by Gasteiger charge is -2.11. The van der Waals surface area contributed by atoms with Gasteiger partial charge in [-0.2, -0.15) is 0 Å². The molecule has 0 amide bonds. The molecule has 0 aliphatic heterocycles. The van der Waals surface area contributed by atoms with Crippen molar-refractivity contribution in [1.29, 1.82) is 0 Å². The first-order valence-corrected chi connectivity index (χ1v) is 6.83. The van der Waals surface area contributed by atoms with Crippen molar-refractivity contribution in [3.8, 4) is 0 Å². The number of anilines is 1. The molecular formula is C13H8Cl3FN2O2. The number of nitro groups is 1. The topological polar surface area (TPSA) is 55.2 Å². The van der Waals surface area contributed by atoms with Crippen LogP contribution in [-0.2, 0) is 6.54 Å². The van der Waals surface area contributed by atoms with Crippen LogP contribution >= 0.6 is 34.8 Å². The van der Waals surface area contributed by atoms with Crippen molar-refractivity contribution in [3.05, 3.63) is 66.9 Å². The molecule has 0 fully saturated rings. The van der Waals surface area contributed by atoms with Gasteiger partial charge < -0.3 is 5.32 Å². The first kappa shape index (κ1) is 15.8. The molecule has 0 heterocycles. The van der Waals surface area contributed by atoms with E-state index in [0.717, 1.165) is 12.1 Å². The van der Waals surface area contributed by atoms with E-state index in [9.17, 15) is 14.5 Å². The van der Waals surface area contributed by atoms with Crippen LogP contribution < -0.4 is 5.32 Å². The molecule has 2 aromatic carbocycles. The second kappa shape index (κ2) is 6.47. The average Bonchev–Trinajstić information content (AvgIpc) is 2.39. The number of non-ortho nitro benzene ring substituents is 1. The maximum atomic E-state index is 13.1. The van der Waals surface area contributed by atoms with Gasteiger partial charge in [0.05, 0.1) is 20.7 Å². The summed E-state index contributed by atoms with van der Waals surface area (Å²) in [6, 6.07) is 6.32. The van der Waals surface area contributed by atoms with E-state index >= 15 is 0 Å². The van der Waals surface area contributed by atoms with E-state index in [0.29, 0.717) is 16.3 Å². The maximum absolute atomic E-state index is 13.1. The van der Waals surface area contributed by atoms with Gasteiger partial charge in [-0.05, 0) is 23.8 Å². The Labute approximate surface area is 134 Å². The highest BCUT2D eigenvalue weighted by molar-refractivity contribution is 6.39. The zero-order chi connectivity index (χ0) is 15.6. The molecule has 0 radical (unpaired) electrons. The van der Waals surface area contributed by atoms with Gasteiger partial charge in [0.25, 0.3) is 5.69 Å². The fourth-order valence-corrected chi connectivity index (χ4v) is 2.48.